The van der Waals surface area contributed by atoms with Gasteiger partial charge in [-0.2, -0.15) is 0 Å². The Morgan fingerprint density at radius 1 is 1.29 bits per heavy atom. The highest BCUT2D eigenvalue weighted by Gasteiger charge is 2.54. The van der Waals surface area contributed by atoms with Crippen molar-refractivity contribution in [3.05, 3.63) is 40.4 Å². The van der Waals surface area contributed by atoms with E-state index in [0.717, 1.165) is 15.0 Å². The van der Waals surface area contributed by atoms with Gasteiger partial charge in [0.2, 0.25) is 5.91 Å². The molecule has 3 heterocycles. The molecule has 0 bridgehead atoms. The minimum atomic E-state index is -1.30. The first-order valence-electron chi connectivity index (χ1n) is 10.3. The number of carboxylic acids is 1. The third-order valence-corrected chi connectivity index (χ3v) is 7.81. The fourth-order valence-electron chi connectivity index (χ4n) is 3.68. The third-order valence-electron chi connectivity index (χ3n) is 5.11. The number of β-lactam (4-membered cyclic amide) rings is 1. The van der Waals surface area contributed by atoms with Crippen molar-refractivity contribution in [1.82, 2.24) is 10.2 Å². The Bertz CT molecular complexity index is 1220. The van der Waals surface area contributed by atoms with E-state index >= 15 is 0 Å². The van der Waals surface area contributed by atoms with Gasteiger partial charge in [0.1, 0.15) is 29.3 Å². The molecule has 2 aromatic rings. The van der Waals surface area contributed by atoms with Gasteiger partial charge in [-0.15, -0.1) is 23.1 Å². The van der Waals surface area contributed by atoms with Gasteiger partial charge in [0.05, 0.1) is 10.7 Å². The number of amides is 3. The summed E-state index contributed by atoms with van der Waals surface area (Å²) in [6.45, 7) is 4.82. The number of carboxylic acid groups (broad SMARTS) is 1. The molecular formula is C22H22ClN3O6S2. The molecule has 1 aromatic carbocycles. The highest BCUT2D eigenvalue weighted by atomic mass is 35.5. The number of benzene rings is 1. The van der Waals surface area contributed by atoms with Gasteiger partial charge in [-0.05, 0) is 26.8 Å². The van der Waals surface area contributed by atoms with Crippen LogP contribution in [0, 0.1) is 0 Å². The molecule has 12 heteroatoms. The molecule has 1 fully saturated rings. The number of thioether (sulfide) groups is 1. The number of carbonyl (C=O) groups is 4. The van der Waals surface area contributed by atoms with E-state index in [9.17, 15) is 24.3 Å². The lowest BCUT2D eigenvalue weighted by atomic mass is 10.1. The first kappa shape index (κ1) is 24.4. The summed E-state index contributed by atoms with van der Waals surface area (Å²) >= 11 is 8.69. The van der Waals surface area contributed by atoms with Gasteiger partial charge in [0.25, 0.3) is 5.91 Å². The number of fused-ring (bicyclic) bond motifs is 2. The summed E-state index contributed by atoms with van der Waals surface area (Å²) in [4.78, 5) is 52.5. The van der Waals surface area contributed by atoms with Crippen molar-refractivity contribution in [2.45, 2.75) is 37.8 Å². The van der Waals surface area contributed by atoms with Gasteiger partial charge in [-0.1, -0.05) is 29.8 Å². The van der Waals surface area contributed by atoms with E-state index in [0.29, 0.717) is 5.69 Å². The predicted molar refractivity (Wildman–Crippen MR) is 131 cm³/mol. The van der Waals surface area contributed by atoms with Gasteiger partial charge in [0.15, 0.2) is 0 Å². The second kappa shape index (κ2) is 9.12. The number of carbonyl (C=O) groups excluding carboxylic acids is 3. The van der Waals surface area contributed by atoms with Gasteiger partial charge >= 0.3 is 12.1 Å². The molecule has 1 saturated heterocycles. The van der Waals surface area contributed by atoms with Crippen LogP contribution < -0.4 is 10.2 Å². The maximum atomic E-state index is 13.0. The Hall–Kier alpha value is -2.76. The van der Waals surface area contributed by atoms with Crippen molar-refractivity contribution >= 4 is 74.4 Å². The van der Waals surface area contributed by atoms with Gasteiger partial charge in [-0.3, -0.25) is 19.4 Å². The number of rotatable bonds is 5. The lowest BCUT2D eigenvalue weighted by Gasteiger charge is -2.48. The fourth-order valence-corrected chi connectivity index (χ4v) is 6.18. The number of hydrogen-bond donors (Lipinski definition) is 2. The molecule has 2 aliphatic rings. The molecule has 0 aliphatic carbocycles. The predicted octanol–water partition coefficient (Wildman–Crippen LogP) is 3.58. The van der Waals surface area contributed by atoms with Crippen LogP contribution in [0.3, 0.4) is 0 Å². The zero-order valence-corrected chi connectivity index (χ0v) is 20.9. The summed E-state index contributed by atoms with van der Waals surface area (Å²) in [5, 5.41) is 14.1. The molecule has 0 saturated carbocycles. The van der Waals surface area contributed by atoms with E-state index in [1.54, 1.807) is 26.2 Å². The number of thiophene rings is 1. The quantitative estimate of drug-likeness (QED) is 0.575. The number of nitrogens with zero attached hydrogens (tertiary/aromatic N) is 2. The maximum absolute atomic E-state index is 13.0. The Kier molecular flexibility index (Phi) is 6.54. The van der Waals surface area contributed by atoms with Crippen molar-refractivity contribution < 1.29 is 29.0 Å². The minimum Gasteiger partial charge on any atom is -0.477 e. The van der Waals surface area contributed by atoms with Crippen LogP contribution in [0.4, 0.5) is 10.5 Å². The Labute approximate surface area is 208 Å². The summed E-state index contributed by atoms with van der Waals surface area (Å²) in [7, 11) is 0. The van der Waals surface area contributed by atoms with Crippen LogP contribution in [0.1, 0.15) is 20.8 Å². The van der Waals surface area contributed by atoms with Crippen LogP contribution in [0.15, 0.2) is 40.4 Å². The zero-order chi connectivity index (χ0) is 24.8. The molecule has 0 radical (unpaired) electrons. The topological polar surface area (TPSA) is 116 Å². The van der Waals surface area contributed by atoms with Crippen LogP contribution in [0.2, 0.25) is 0 Å². The molecule has 180 valence electrons. The largest absolute Gasteiger partial charge is 0.477 e. The molecule has 34 heavy (non-hydrogen) atoms. The van der Waals surface area contributed by atoms with Crippen LogP contribution in [-0.4, -0.2) is 63.2 Å². The minimum absolute atomic E-state index is 0.0762. The van der Waals surface area contributed by atoms with Gasteiger partial charge < -0.3 is 15.2 Å². The summed E-state index contributed by atoms with van der Waals surface area (Å²) in [5.74, 6) is -2.22. The monoisotopic (exact) mass is 523 g/mol. The van der Waals surface area contributed by atoms with E-state index in [2.05, 4.69) is 5.32 Å². The average Bonchev–Trinajstić information content (AvgIpc) is 3.18. The summed E-state index contributed by atoms with van der Waals surface area (Å²) in [6.07, 6.45) is -0.692. The third kappa shape index (κ3) is 4.59. The average molecular weight is 524 g/mol. The smallest absolute Gasteiger partial charge is 0.415 e. The van der Waals surface area contributed by atoms with E-state index in [4.69, 9.17) is 16.3 Å². The number of hydrogen-bond acceptors (Lipinski definition) is 7. The van der Waals surface area contributed by atoms with Crippen LogP contribution in [0.5, 0.6) is 0 Å². The standard InChI is InChI=1S/C22H22ClN3O6S2/c1-22(2,3)32-21(31)25(13-10-33-14-7-5-4-6-11(13)14)8-15(27)24-16-18(28)26-17(20(29)30)12(23)9-34-19(16)26/h4-7,10,16,19H,8-9H2,1-3H3,(H,24,27)(H,29,30)/t16?,19-/m0/s1. The molecule has 0 spiro atoms. The molecule has 9 nitrogen and oxygen atoms in total. The van der Waals surface area contributed by atoms with Crippen molar-refractivity contribution in [2.75, 3.05) is 17.2 Å². The lowest BCUT2D eigenvalue weighted by Crippen LogP contribution is -2.71. The summed E-state index contributed by atoms with van der Waals surface area (Å²) in [6, 6.07) is 6.57. The molecule has 3 amide bonds. The highest BCUT2D eigenvalue weighted by molar-refractivity contribution is 8.00. The van der Waals surface area contributed by atoms with E-state index in [-0.39, 0.29) is 23.0 Å². The second-order valence-electron chi connectivity index (χ2n) is 8.70. The molecule has 2 atom stereocenters. The SMILES string of the molecule is CC(C)(C)OC(=O)N(CC(=O)NC1C(=O)N2C(C(=O)O)=C(Cl)CS[C@@H]12)c1csc2ccccc12. The Morgan fingerprint density at radius 3 is 2.68 bits per heavy atom. The van der Waals surface area contributed by atoms with Crippen molar-refractivity contribution in [3.63, 3.8) is 0 Å². The molecule has 1 unspecified atom stereocenters. The van der Waals surface area contributed by atoms with E-state index in [1.165, 1.54) is 28.0 Å². The summed E-state index contributed by atoms with van der Waals surface area (Å²) in [5.41, 5.74) is -0.512. The number of aliphatic carboxylic acids is 1. The highest BCUT2D eigenvalue weighted by Crippen LogP contribution is 2.41. The lowest BCUT2D eigenvalue weighted by molar-refractivity contribution is -0.150. The molecule has 1 aromatic heterocycles. The molecular weight excluding hydrogens is 502 g/mol. The van der Waals surface area contributed by atoms with Crippen LogP contribution in [-0.2, 0) is 19.1 Å². The Balaban J connectivity index is 1.53. The number of nitrogens with one attached hydrogen (secondary N) is 1. The zero-order valence-electron chi connectivity index (χ0n) is 18.5. The second-order valence-corrected chi connectivity index (χ2v) is 11.2. The van der Waals surface area contributed by atoms with Crippen LogP contribution in [0.25, 0.3) is 10.1 Å². The number of anilines is 1. The van der Waals surface area contributed by atoms with Crippen molar-refractivity contribution in [3.8, 4) is 0 Å². The van der Waals surface area contributed by atoms with Crippen molar-refractivity contribution in [2.24, 2.45) is 0 Å². The number of ether oxygens (including phenoxy) is 1. The first-order valence-corrected chi connectivity index (χ1v) is 12.6. The summed E-state index contributed by atoms with van der Waals surface area (Å²) < 4.78 is 6.47. The Morgan fingerprint density at radius 2 is 2.00 bits per heavy atom. The van der Waals surface area contributed by atoms with Gasteiger partial charge in [-0.25, -0.2) is 9.59 Å². The van der Waals surface area contributed by atoms with Gasteiger partial charge in [0, 0.05) is 21.2 Å². The molecule has 2 N–H and O–H groups in total. The molecule has 2 aliphatic heterocycles. The maximum Gasteiger partial charge on any atom is 0.415 e. The van der Waals surface area contributed by atoms with Crippen molar-refractivity contribution in [1.29, 1.82) is 0 Å². The van der Waals surface area contributed by atoms with E-state index < -0.39 is 40.9 Å². The number of halogens is 1. The fraction of sp³-hybridized carbons (Fsp3) is 0.364. The normalized spacial score (nSPS) is 20.0. The van der Waals surface area contributed by atoms with E-state index in [1.807, 2.05) is 24.3 Å². The molecule has 4 rings (SSSR count). The van der Waals surface area contributed by atoms with Crippen LogP contribution >= 0.6 is 34.7 Å². The first-order chi connectivity index (χ1) is 16.0.